The summed E-state index contributed by atoms with van der Waals surface area (Å²) in [4.78, 5) is 0. The number of rotatable bonds is 5. The fourth-order valence-corrected chi connectivity index (χ4v) is 4.09. The summed E-state index contributed by atoms with van der Waals surface area (Å²) in [5.74, 6) is 0.250. The monoisotopic (exact) mass is 519 g/mol. The van der Waals surface area contributed by atoms with E-state index in [0.29, 0.717) is 27.5 Å². The lowest BCUT2D eigenvalue weighted by molar-refractivity contribution is 0.303. The standard InChI is InChI=1S/C22H13Br2ClFNO/c23-18-10-16(9-17(12-27)15-4-6-19(25)7-5-15)22(21(24)11-18)28-13-14-2-1-3-20(26)8-14/h1-11H,13H2/b17-9+. The van der Waals surface area contributed by atoms with Crippen LogP contribution in [0.15, 0.2) is 69.6 Å². The number of nitrogens with zero attached hydrogens (tertiary/aromatic N) is 1. The van der Waals surface area contributed by atoms with Crippen LogP contribution in [0.3, 0.4) is 0 Å². The fraction of sp³-hybridized carbons (Fsp3) is 0.0455. The van der Waals surface area contributed by atoms with Crippen LogP contribution in [0.4, 0.5) is 4.39 Å². The molecule has 0 radical (unpaired) electrons. The van der Waals surface area contributed by atoms with Crippen LogP contribution in [0.1, 0.15) is 16.7 Å². The van der Waals surface area contributed by atoms with E-state index >= 15 is 0 Å². The first-order valence-corrected chi connectivity index (χ1v) is 10.2. The number of halogens is 4. The minimum atomic E-state index is -0.314. The van der Waals surface area contributed by atoms with Crippen LogP contribution in [0, 0.1) is 17.1 Å². The lowest BCUT2D eigenvalue weighted by Gasteiger charge is -2.13. The van der Waals surface area contributed by atoms with Crippen molar-refractivity contribution >= 4 is 55.1 Å². The van der Waals surface area contributed by atoms with E-state index in [2.05, 4.69) is 37.9 Å². The molecule has 0 heterocycles. The average molecular weight is 522 g/mol. The predicted octanol–water partition coefficient (Wildman–Crippen LogP) is 7.65. The van der Waals surface area contributed by atoms with Crippen LogP contribution in [-0.4, -0.2) is 0 Å². The smallest absolute Gasteiger partial charge is 0.141 e. The van der Waals surface area contributed by atoms with Crippen LogP contribution in [0.2, 0.25) is 5.02 Å². The van der Waals surface area contributed by atoms with Gasteiger partial charge in [0.05, 0.1) is 16.1 Å². The van der Waals surface area contributed by atoms with Gasteiger partial charge in [0, 0.05) is 15.1 Å². The zero-order chi connectivity index (χ0) is 20.1. The van der Waals surface area contributed by atoms with Crippen molar-refractivity contribution in [2.75, 3.05) is 0 Å². The van der Waals surface area contributed by atoms with Gasteiger partial charge in [-0.15, -0.1) is 0 Å². The van der Waals surface area contributed by atoms with Crippen molar-refractivity contribution < 1.29 is 9.13 Å². The van der Waals surface area contributed by atoms with Crippen molar-refractivity contribution in [1.82, 2.24) is 0 Å². The van der Waals surface area contributed by atoms with Crippen LogP contribution in [-0.2, 0) is 6.61 Å². The van der Waals surface area contributed by atoms with Gasteiger partial charge in [0.25, 0.3) is 0 Å². The molecule has 28 heavy (non-hydrogen) atoms. The van der Waals surface area contributed by atoms with Crippen molar-refractivity contribution in [1.29, 1.82) is 5.26 Å². The Labute approximate surface area is 184 Å². The largest absolute Gasteiger partial charge is 0.487 e. The van der Waals surface area contributed by atoms with Gasteiger partial charge in [0.15, 0.2) is 0 Å². The summed E-state index contributed by atoms with van der Waals surface area (Å²) in [6.07, 6.45) is 1.75. The normalized spacial score (nSPS) is 11.2. The molecular weight excluding hydrogens is 509 g/mol. The van der Waals surface area contributed by atoms with E-state index in [1.807, 2.05) is 12.1 Å². The molecule has 0 fully saturated rings. The third-order valence-corrected chi connectivity index (χ3v) is 5.18. The molecule has 3 aromatic carbocycles. The molecule has 2 nitrogen and oxygen atoms in total. The minimum Gasteiger partial charge on any atom is -0.487 e. The van der Waals surface area contributed by atoms with E-state index in [1.165, 1.54) is 12.1 Å². The maximum Gasteiger partial charge on any atom is 0.141 e. The molecule has 0 saturated carbocycles. The molecule has 3 aromatic rings. The highest BCUT2D eigenvalue weighted by Gasteiger charge is 2.12. The number of benzene rings is 3. The second kappa shape index (κ2) is 9.38. The highest BCUT2D eigenvalue weighted by Crippen LogP contribution is 2.36. The molecule has 0 aliphatic rings. The summed E-state index contributed by atoms with van der Waals surface area (Å²) in [6.45, 7) is 0.196. The van der Waals surface area contributed by atoms with Gasteiger partial charge in [-0.25, -0.2) is 4.39 Å². The first kappa shape index (κ1) is 20.6. The van der Waals surface area contributed by atoms with Gasteiger partial charge in [0.1, 0.15) is 18.2 Å². The molecule has 140 valence electrons. The van der Waals surface area contributed by atoms with Crippen molar-refractivity contribution in [3.05, 3.63) is 97.1 Å². The Kier molecular flexibility index (Phi) is 6.90. The molecule has 0 aromatic heterocycles. The van der Waals surface area contributed by atoms with E-state index in [1.54, 1.807) is 42.5 Å². The third-order valence-electron chi connectivity index (χ3n) is 3.88. The first-order valence-electron chi connectivity index (χ1n) is 8.20. The Morgan fingerprint density at radius 1 is 1.11 bits per heavy atom. The van der Waals surface area contributed by atoms with E-state index in [0.717, 1.165) is 14.5 Å². The van der Waals surface area contributed by atoms with Crippen LogP contribution in [0.5, 0.6) is 5.75 Å². The van der Waals surface area contributed by atoms with Crippen LogP contribution < -0.4 is 4.74 Å². The number of allylic oxidation sites excluding steroid dienone is 1. The predicted molar refractivity (Wildman–Crippen MR) is 118 cm³/mol. The lowest BCUT2D eigenvalue weighted by Crippen LogP contribution is -1.99. The zero-order valence-electron chi connectivity index (χ0n) is 14.4. The summed E-state index contributed by atoms with van der Waals surface area (Å²) in [6, 6.07) is 19.2. The first-order chi connectivity index (χ1) is 13.5. The Bertz CT molecular complexity index is 1070. The summed E-state index contributed by atoms with van der Waals surface area (Å²) in [5.41, 5.74) is 2.64. The van der Waals surface area contributed by atoms with Gasteiger partial charge in [-0.3, -0.25) is 0 Å². The minimum absolute atomic E-state index is 0.196. The van der Waals surface area contributed by atoms with Gasteiger partial charge < -0.3 is 4.74 Å². The molecule has 0 unspecified atom stereocenters. The average Bonchev–Trinajstić information content (AvgIpc) is 2.66. The molecule has 0 amide bonds. The number of ether oxygens (including phenoxy) is 1. The molecule has 0 atom stereocenters. The second-order valence-corrected chi connectivity index (χ2v) is 8.11. The summed E-state index contributed by atoms with van der Waals surface area (Å²) >= 11 is 12.9. The molecule has 6 heteroatoms. The number of hydrogen-bond donors (Lipinski definition) is 0. The molecule has 3 rings (SSSR count). The molecule has 0 saturated heterocycles. The Balaban J connectivity index is 1.97. The van der Waals surface area contributed by atoms with E-state index in [-0.39, 0.29) is 12.4 Å². The van der Waals surface area contributed by atoms with Crippen LogP contribution >= 0.6 is 43.5 Å². The topological polar surface area (TPSA) is 33.0 Å². The molecule has 0 bridgehead atoms. The zero-order valence-corrected chi connectivity index (χ0v) is 18.4. The highest BCUT2D eigenvalue weighted by atomic mass is 79.9. The van der Waals surface area contributed by atoms with Crippen LogP contribution in [0.25, 0.3) is 11.6 Å². The molecule has 0 aliphatic carbocycles. The Hall–Kier alpha value is -2.13. The van der Waals surface area contributed by atoms with E-state index in [9.17, 15) is 9.65 Å². The highest BCUT2D eigenvalue weighted by molar-refractivity contribution is 9.11. The quantitative estimate of drug-likeness (QED) is 0.255. The summed E-state index contributed by atoms with van der Waals surface area (Å²) in [5, 5.41) is 10.2. The maximum atomic E-state index is 13.4. The van der Waals surface area contributed by atoms with Crippen molar-refractivity contribution in [2.45, 2.75) is 6.61 Å². The van der Waals surface area contributed by atoms with Gasteiger partial charge in [-0.1, -0.05) is 51.8 Å². The van der Waals surface area contributed by atoms with Gasteiger partial charge in [-0.2, -0.15) is 5.26 Å². The third kappa shape index (κ3) is 5.23. The summed E-state index contributed by atoms with van der Waals surface area (Å²) in [7, 11) is 0. The Morgan fingerprint density at radius 2 is 1.86 bits per heavy atom. The number of hydrogen-bond acceptors (Lipinski definition) is 2. The SMILES string of the molecule is N#C/C(=C\c1cc(Br)cc(Br)c1OCc1cccc(F)c1)c1ccc(Cl)cc1. The summed E-state index contributed by atoms with van der Waals surface area (Å²) < 4.78 is 20.9. The molecule has 0 aliphatic heterocycles. The van der Waals surface area contributed by atoms with Gasteiger partial charge in [-0.05, 0) is 69.5 Å². The van der Waals surface area contributed by atoms with Gasteiger partial charge in [0.2, 0.25) is 0 Å². The maximum absolute atomic E-state index is 13.4. The lowest BCUT2D eigenvalue weighted by atomic mass is 10.0. The van der Waals surface area contributed by atoms with Crippen molar-refractivity contribution in [3.63, 3.8) is 0 Å². The second-order valence-electron chi connectivity index (χ2n) is 5.90. The van der Waals surface area contributed by atoms with Crippen molar-refractivity contribution in [3.8, 4) is 11.8 Å². The van der Waals surface area contributed by atoms with E-state index < -0.39 is 0 Å². The Morgan fingerprint density at radius 3 is 2.54 bits per heavy atom. The van der Waals surface area contributed by atoms with Crippen molar-refractivity contribution in [2.24, 2.45) is 0 Å². The molecular formula is C22H13Br2ClFNO. The fourth-order valence-electron chi connectivity index (χ4n) is 2.59. The van der Waals surface area contributed by atoms with E-state index in [4.69, 9.17) is 16.3 Å². The number of nitriles is 1. The molecule has 0 N–H and O–H groups in total. The van der Waals surface area contributed by atoms with Gasteiger partial charge >= 0.3 is 0 Å². The molecule has 0 spiro atoms.